The van der Waals surface area contributed by atoms with Crippen LogP contribution in [0.4, 0.5) is 4.39 Å². The quantitative estimate of drug-likeness (QED) is 0.430. The van der Waals surface area contributed by atoms with Gasteiger partial charge in [-0.3, -0.25) is 0 Å². The van der Waals surface area contributed by atoms with E-state index in [2.05, 4.69) is 4.37 Å². The molecule has 11 heavy (non-hydrogen) atoms. The fourth-order valence-corrected chi connectivity index (χ4v) is 2.50. The van der Waals surface area contributed by atoms with Crippen molar-refractivity contribution in [3.05, 3.63) is 24.0 Å². The summed E-state index contributed by atoms with van der Waals surface area (Å²) in [7, 11) is 2.88. The van der Waals surface area contributed by atoms with Crippen molar-refractivity contribution in [2.24, 2.45) is 0 Å². The van der Waals surface area contributed by atoms with Gasteiger partial charge < -0.3 is 12.4 Å². The number of aromatic nitrogens is 1. The maximum absolute atomic E-state index is 12.5. The topological polar surface area (TPSA) is 12.9 Å². The maximum Gasteiger partial charge on any atom is 0.323 e. The fraction of sp³-hybridized carbons (Fsp3) is 0. The number of halogens is 2. The molecule has 0 aliphatic carbocycles. The molecule has 0 aliphatic rings. The molecule has 2 rings (SSSR count). The molecule has 0 atom stereocenters. The molecule has 5 heteroatoms. The van der Waals surface area contributed by atoms with E-state index in [-0.39, 0.29) is 18.2 Å². The predicted molar refractivity (Wildman–Crippen MR) is 41.9 cm³/mol. The molecule has 2 aromatic rings. The number of fused-ring (bicyclic) bond motifs is 1. The molecule has 0 saturated carbocycles. The molecule has 0 radical (unpaired) electrons. The first-order chi connectivity index (χ1) is 4.86. The van der Waals surface area contributed by atoms with Crippen LogP contribution < -0.4 is 12.4 Å². The van der Waals surface area contributed by atoms with Crippen LogP contribution in [0.5, 0.6) is 0 Å². The molecular weight excluding hydrogens is 205 g/mol. The Kier molecular flexibility index (Phi) is 2.70. The largest absolute Gasteiger partial charge is 1.00 e. The molecule has 0 amide bonds. The van der Waals surface area contributed by atoms with Crippen LogP contribution in [0.25, 0.3) is 10.2 Å². The van der Waals surface area contributed by atoms with Crippen molar-refractivity contribution in [2.75, 3.05) is 0 Å². The summed E-state index contributed by atoms with van der Waals surface area (Å²) in [5.41, 5.74) is 0.886. The van der Waals surface area contributed by atoms with Crippen LogP contribution in [0, 0.1) is 5.82 Å². The van der Waals surface area contributed by atoms with Gasteiger partial charge in [-0.15, -0.1) is 4.37 Å². The highest BCUT2D eigenvalue weighted by molar-refractivity contribution is 7.69. The summed E-state index contributed by atoms with van der Waals surface area (Å²) in [6.45, 7) is 0. The minimum absolute atomic E-state index is 0. The zero-order valence-electron chi connectivity index (χ0n) is 5.25. The number of hydrogen-bond acceptors (Lipinski definition) is 2. The molecule has 1 aromatic heterocycles. The van der Waals surface area contributed by atoms with Gasteiger partial charge in [0.25, 0.3) is 15.2 Å². The number of nitrogens with zero attached hydrogens (tertiary/aromatic N) is 1. The molecule has 58 valence electrons. The Hall–Kier alpha value is -0.320. The molecule has 0 fully saturated rings. The fourth-order valence-electron chi connectivity index (χ4n) is 0.729. The van der Waals surface area contributed by atoms with Crippen molar-refractivity contribution in [3.63, 3.8) is 0 Å². The van der Waals surface area contributed by atoms with Crippen LogP contribution in [0.1, 0.15) is 0 Å². The monoisotopic (exact) mass is 207 g/mol. The van der Waals surface area contributed by atoms with Gasteiger partial charge in [-0.1, -0.05) is 0 Å². The summed E-state index contributed by atoms with van der Waals surface area (Å²) in [5, 5.41) is 0. The molecular formula is C6H3ClFNS2. The Morgan fingerprint density at radius 1 is 1.45 bits per heavy atom. The Labute approximate surface area is 76.5 Å². The highest BCUT2D eigenvalue weighted by Crippen LogP contribution is 2.21. The van der Waals surface area contributed by atoms with Gasteiger partial charge in [-0.2, -0.15) is 0 Å². The van der Waals surface area contributed by atoms with E-state index in [9.17, 15) is 4.39 Å². The Bertz CT molecular complexity index is 362. The van der Waals surface area contributed by atoms with E-state index < -0.39 is 0 Å². The molecule has 0 bridgehead atoms. The summed E-state index contributed by atoms with van der Waals surface area (Å²) in [5.74, 6) is -0.191. The Morgan fingerprint density at radius 2 is 2.27 bits per heavy atom. The lowest BCUT2D eigenvalue weighted by molar-refractivity contribution is -0.00000250. The van der Waals surface area contributed by atoms with E-state index in [0.717, 1.165) is 10.2 Å². The summed E-state index contributed by atoms with van der Waals surface area (Å²) >= 11 is 0. The molecule has 1 heterocycles. The first kappa shape index (κ1) is 8.77. The zero-order chi connectivity index (χ0) is 6.97. The third kappa shape index (κ3) is 1.64. The zero-order valence-corrected chi connectivity index (χ0v) is 7.64. The van der Waals surface area contributed by atoms with Crippen LogP contribution in [-0.2, 0) is 0 Å². The number of hydrogen-bond donors (Lipinski definition) is 0. The van der Waals surface area contributed by atoms with Crippen molar-refractivity contribution in [3.8, 4) is 0 Å². The summed E-state index contributed by atoms with van der Waals surface area (Å²) in [6.07, 6.45) is 0. The molecule has 0 unspecified atom stereocenters. The van der Waals surface area contributed by atoms with Crippen LogP contribution in [0.15, 0.2) is 18.2 Å². The van der Waals surface area contributed by atoms with Gasteiger partial charge in [-0.05, 0) is 12.1 Å². The van der Waals surface area contributed by atoms with Crippen LogP contribution in [-0.4, -0.2) is 4.37 Å². The van der Waals surface area contributed by atoms with E-state index >= 15 is 0 Å². The predicted octanol–water partition coefficient (Wildman–Crippen LogP) is -0.218. The van der Waals surface area contributed by atoms with Gasteiger partial charge in [0.1, 0.15) is 11.3 Å². The highest BCUT2D eigenvalue weighted by Gasteiger charge is 2.08. The SMILES string of the molecule is Fc1ccc2ns[s+]c2c1.[Cl-]. The van der Waals surface area contributed by atoms with Gasteiger partial charge >= 0.3 is 10.3 Å². The number of benzene rings is 1. The average molecular weight is 208 g/mol. The third-order valence-corrected chi connectivity index (χ3v) is 3.02. The highest BCUT2D eigenvalue weighted by atomic mass is 35.5. The summed E-state index contributed by atoms with van der Waals surface area (Å²) in [6, 6.07) is 4.62. The van der Waals surface area contributed by atoms with Gasteiger partial charge in [-0.25, -0.2) is 4.39 Å². The Balaban J connectivity index is 0.000000605. The standard InChI is InChI=1S/C6H3FNS2.ClH/c7-4-1-2-5-6(3-4)9-10-8-5;/h1-3H;1H/q+1;/p-1. The average Bonchev–Trinajstić information content (AvgIpc) is 2.33. The first-order valence-corrected chi connectivity index (χ1v) is 4.81. The Morgan fingerprint density at radius 3 is 3.09 bits per heavy atom. The van der Waals surface area contributed by atoms with Crippen molar-refractivity contribution in [1.82, 2.24) is 4.37 Å². The summed E-state index contributed by atoms with van der Waals surface area (Å²) < 4.78 is 17.5. The maximum atomic E-state index is 12.5. The van der Waals surface area contributed by atoms with Crippen molar-refractivity contribution in [2.45, 2.75) is 0 Å². The third-order valence-electron chi connectivity index (χ3n) is 1.18. The normalized spacial score (nSPS) is 9.55. The van der Waals surface area contributed by atoms with E-state index in [4.69, 9.17) is 0 Å². The molecule has 0 saturated heterocycles. The second-order valence-electron chi connectivity index (χ2n) is 1.86. The van der Waals surface area contributed by atoms with Gasteiger partial charge in [0.2, 0.25) is 0 Å². The molecule has 0 spiro atoms. The van der Waals surface area contributed by atoms with Crippen LogP contribution in [0.2, 0.25) is 0 Å². The first-order valence-electron chi connectivity index (χ1n) is 2.70. The lowest BCUT2D eigenvalue weighted by atomic mass is 10.3. The van der Waals surface area contributed by atoms with Gasteiger partial charge in [0.15, 0.2) is 0 Å². The summed E-state index contributed by atoms with van der Waals surface area (Å²) in [4.78, 5) is 0. The second-order valence-corrected chi connectivity index (χ2v) is 3.75. The van der Waals surface area contributed by atoms with Crippen molar-refractivity contribution >= 4 is 31.1 Å². The smallest absolute Gasteiger partial charge is 0.323 e. The molecule has 0 N–H and O–H groups in total. The second kappa shape index (κ2) is 3.38. The molecule has 0 aliphatic heterocycles. The van der Waals surface area contributed by atoms with Crippen LogP contribution in [0.3, 0.4) is 0 Å². The van der Waals surface area contributed by atoms with Gasteiger partial charge in [0.05, 0.1) is 0 Å². The van der Waals surface area contributed by atoms with Gasteiger partial charge in [0, 0.05) is 6.07 Å². The minimum Gasteiger partial charge on any atom is -1.00 e. The lowest BCUT2D eigenvalue weighted by Gasteiger charge is -1.79. The van der Waals surface area contributed by atoms with E-state index in [1.54, 1.807) is 6.07 Å². The van der Waals surface area contributed by atoms with Crippen molar-refractivity contribution in [1.29, 1.82) is 0 Å². The molecule has 1 aromatic carbocycles. The minimum atomic E-state index is -0.191. The lowest BCUT2D eigenvalue weighted by Crippen LogP contribution is -3.00. The van der Waals surface area contributed by atoms with Crippen LogP contribution >= 0.6 is 20.9 Å². The van der Waals surface area contributed by atoms with E-state index in [1.165, 1.54) is 33.0 Å². The molecule has 1 nitrogen and oxygen atoms in total. The van der Waals surface area contributed by atoms with Crippen molar-refractivity contribution < 1.29 is 16.8 Å². The van der Waals surface area contributed by atoms with E-state index in [0.29, 0.717) is 0 Å². The number of rotatable bonds is 0. The van der Waals surface area contributed by atoms with E-state index in [1.807, 2.05) is 0 Å².